The fourth-order valence-electron chi connectivity index (χ4n) is 1.90. The summed E-state index contributed by atoms with van der Waals surface area (Å²) in [6.45, 7) is 1.91. The van der Waals surface area contributed by atoms with Crippen LogP contribution in [-0.4, -0.2) is 10.7 Å². The average Bonchev–Trinajstić information content (AvgIpc) is 2.92. The third-order valence-corrected chi connectivity index (χ3v) is 3.87. The van der Waals surface area contributed by atoms with Crippen LogP contribution in [-0.2, 0) is 6.42 Å². The van der Waals surface area contributed by atoms with Crippen molar-refractivity contribution in [2.45, 2.75) is 31.8 Å². The molecule has 1 aliphatic carbocycles. The maximum atomic E-state index is 10.2. The molecule has 0 heterocycles. The maximum Gasteiger partial charge on any atom is 0.0688 e. The van der Waals surface area contributed by atoms with Crippen LogP contribution in [0.25, 0.3) is 0 Å². The molecule has 0 spiro atoms. The molecular formula is C12H14BrClO. The molecule has 1 atom stereocenters. The standard InChI is InChI=1S/C12H14BrClO/c1-12(15,9-3-4-9)7-8-2-5-10(13)6-11(8)14/h2,5-6,9,15H,3-4,7H2,1H3. The second-order valence-electron chi connectivity index (χ2n) is 4.54. The second kappa shape index (κ2) is 4.08. The number of halogens is 2. The van der Waals surface area contributed by atoms with E-state index in [1.54, 1.807) is 0 Å². The first-order valence-corrected chi connectivity index (χ1v) is 6.32. The molecule has 1 aliphatic rings. The van der Waals surface area contributed by atoms with Gasteiger partial charge in [0.2, 0.25) is 0 Å². The van der Waals surface area contributed by atoms with E-state index in [0.717, 1.165) is 27.9 Å². The summed E-state index contributed by atoms with van der Waals surface area (Å²) in [6.07, 6.45) is 2.92. The Morgan fingerprint density at radius 3 is 2.73 bits per heavy atom. The predicted octanol–water partition coefficient (Wildman–Crippen LogP) is 3.81. The number of hydrogen-bond donors (Lipinski definition) is 1. The molecule has 82 valence electrons. The molecule has 2 rings (SSSR count). The minimum absolute atomic E-state index is 0.456. The van der Waals surface area contributed by atoms with Crippen molar-refractivity contribution in [2.24, 2.45) is 5.92 Å². The van der Waals surface area contributed by atoms with E-state index in [0.29, 0.717) is 12.3 Å². The van der Waals surface area contributed by atoms with Crippen LogP contribution in [0.15, 0.2) is 22.7 Å². The lowest BCUT2D eigenvalue weighted by Crippen LogP contribution is -2.29. The molecule has 0 amide bonds. The third-order valence-electron chi connectivity index (χ3n) is 3.02. The van der Waals surface area contributed by atoms with E-state index in [-0.39, 0.29) is 0 Å². The van der Waals surface area contributed by atoms with Crippen LogP contribution in [0.5, 0.6) is 0 Å². The number of rotatable bonds is 3. The molecule has 0 aliphatic heterocycles. The molecule has 1 aromatic rings. The van der Waals surface area contributed by atoms with Crippen molar-refractivity contribution in [3.8, 4) is 0 Å². The van der Waals surface area contributed by atoms with Crippen LogP contribution < -0.4 is 0 Å². The fraction of sp³-hybridized carbons (Fsp3) is 0.500. The Balaban J connectivity index is 2.16. The molecule has 15 heavy (non-hydrogen) atoms. The van der Waals surface area contributed by atoms with E-state index in [1.165, 1.54) is 0 Å². The van der Waals surface area contributed by atoms with E-state index < -0.39 is 5.60 Å². The van der Waals surface area contributed by atoms with Crippen LogP contribution >= 0.6 is 27.5 Å². The summed E-state index contributed by atoms with van der Waals surface area (Å²) in [5, 5.41) is 11.0. The Morgan fingerprint density at radius 1 is 1.53 bits per heavy atom. The highest BCUT2D eigenvalue weighted by Gasteiger charge is 2.40. The lowest BCUT2D eigenvalue weighted by Gasteiger charge is -2.23. The molecular weight excluding hydrogens is 275 g/mol. The summed E-state index contributed by atoms with van der Waals surface area (Å²) in [6, 6.07) is 5.81. The first-order chi connectivity index (χ1) is 6.99. The van der Waals surface area contributed by atoms with Gasteiger partial charge in [0.05, 0.1) is 5.60 Å². The summed E-state index contributed by atoms with van der Waals surface area (Å²) in [7, 11) is 0. The number of hydrogen-bond acceptors (Lipinski definition) is 1. The molecule has 1 nitrogen and oxygen atoms in total. The molecule has 1 N–H and O–H groups in total. The van der Waals surface area contributed by atoms with Crippen LogP contribution in [0.1, 0.15) is 25.3 Å². The van der Waals surface area contributed by atoms with Gasteiger partial charge in [0.1, 0.15) is 0 Å². The molecule has 3 heteroatoms. The van der Waals surface area contributed by atoms with Gasteiger partial charge in [-0.2, -0.15) is 0 Å². The predicted molar refractivity (Wildman–Crippen MR) is 66.2 cm³/mol. The average molecular weight is 290 g/mol. The smallest absolute Gasteiger partial charge is 0.0688 e. The summed E-state index contributed by atoms with van der Waals surface area (Å²) in [4.78, 5) is 0. The molecule has 1 saturated carbocycles. The molecule has 0 radical (unpaired) electrons. The fourth-order valence-corrected chi connectivity index (χ4v) is 2.64. The summed E-state index contributed by atoms with van der Waals surface area (Å²) < 4.78 is 0.974. The van der Waals surface area contributed by atoms with Gasteiger partial charge < -0.3 is 5.11 Å². The first kappa shape index (κ1) is 11.4. The lowest BCUT2D eigenvalue weighted by molar-refractivity contribution is 0.0372. The summed E-state index contributed by atoms with van der Waals surface area (Å²) >= 11 is 9.49. The molecule has 0 bridgehead atoms. The third kappa shape index (κ3) is 2.74. The van der Waals surface area contributed by atoms with Gasteiger partial charge in [0.25, 0.3) is 0 Å². The van der Waals surface area contributed by atoms with Crippen molar-refractivity contribution in [3.63, 3.8) is 0 Å². The van der Waals surface area contributed by atoms with Crippen molar-refractivity contribution in [2.75, 3.05) is 0 Å². The summed E-state index contributed by atoms with van der Waals surface area (Å²) in [5.41, 5.74) is 0.425. The van der Waals surface area contributed by atoms with Gasteiger partial charge in [0.15, 0.2) is 0 Å². The second-order valence-corrected chi connectivity index (χ2v) is 5.87. The number of benzene rings is 1. The van der Waals surface area contributed by atoms with Gasteiger partial charge in [0, 0.05) is 15.9 Å². The zero-order valence-corrected chi connectivity index (χ0v) is 11.0. The van der Waals surface area contributed by atoms with Crippen LogP contribution in [0, 0.1) is 5.92 Å². The van der Waals surface area contributed by atoms with Crippen LogP contribution in [0.3, 0.4) is 0 Å². The monoisotopic (exact) mass is 288 g/mol. The van der Waals surface area contributed by atoms with Crippen LogP contribution in [0.2, 0.25) is 5.02 Å². The SMILES string of the molecule is CC(O)(Cc1ccc(Br)cc1Cl)C1CC1. The largest absolute Gasteiger partial charge is 0.390 e. The van der Waals surface area contributed by atoms with Gasteiger partial charge in [-0.05, 0) is 43.4 Å². The Hall–Kier alpha value is -0.0500. The zero-order valence-electron chi connectivity index (χ0n) is 8.63. The molecule has 1 fully saturated rings. The van der Waals surface area contributed by atoms with Crippen molar-refractivity contribution in [3.05, 3.63) is 33.3 Å². The quantitative estimate of drug-likeness (QED) is 0.897. The molecule has 0 saturated heterocycles. The van der Waals surface area contributed by atoms with Gasteiger partial charge in [-0.15, -0.1) is 0 Å². The topological polar surface area (TPSA) is 20.2 Å². The van der Waals surface area contributed by atoms with Crippen molar-refractivity contribution >= 4 is 27.5 Å². The van der Waals surface area contributed by atoms with Crippen molar-refractivity contribution in [1.29, 1.82) is 0 Å². The summed E-state index contributed by atoms with van der Waals surface area (Å²) in [5.74, 6) is 0.456. The van der Waals surface area contributed by atoms with E-state index in [9.17, 15) is 5.11 Å². The van der Waals surface area contributed by atoms with Crippen LogP contribution in [0.4, 0.5) is 0 Å². The molecule has 1 unspecified atom stereocenters. The van der Waals surface area contributed by atoms with Gasteiger partial charge >= 0.3 is 0 Å². The minimum atomic E-state index is -0.600. The number of aliphatic hydroxyl groups is 1. The van der Waals surface area contributed by atoms with Gasteiger partial charge in [-0.3, -0.25) is 0 Å². The van der Waals surface area contributed by atoms with E-state index in [2.05, 4.69) is 15.9 Å². The normalized spacial score (nSPS) is 20.0. The highest BCUT2D eigenvalue weighted by molar-refractivity contribution is 9.10. The highest BCUT2D eigenvalue weighted by Crippen LogP contribution is 2.41. The van der Waals surface area contributed by atoms with Gasteiger partial charge in [-0.1, -0.05) is 33.6 Å². The molecule has 0 aromatic heterocycles. The van der Waals surface area contributed by atoms with E-state index >= 15 is 0 Å². The maximum absolute atomic E-state index is 10.2. The minimum Gasteiger partial charge on any atom is -0.390 e. The van der Waals surface area contributed by atoms with Crippen molar-refractivity contribution in [1.82, 2.24) is 0 Å². The Kier molecular flexibility index (Phi) is 3.11. The lowest BCUT2D eigenvalue weighted by atomic mass is 9.92. The van der Waals surface area contributed by atoms with E-state index in [1.807, 2.05) is 25.1 Å². The molecule has 1 aromatic carbocycles. The van der Waals surface area contributed by atoms with Gasteiger partial charge in [-0.25, -0.2) is 0 Å². The van der Waals surface area contributed by atoms with Crippen molar-refractivity contribution < 1.29 is 5.11 Å². The zero-order chi connectivity index (χ0) is 11.1. The first-order valence-electron chi connectivity index (χ1n) is 5.15. The Labute approximate surface area is 104 Å². The van der Waals surface area contributed by atoms with E-state index in [4.69, 9.17) is 11.6 Å². The highest BCUT2D eigenvalue weighted by atomic mass is 79.9. The Morgan fingerprint density at radius 2 is 2.20 bits per heavy atom. The Bertz CT molecular complexity index is 372.